The van der Waals surface area contributed by atoms with Crippen LogP contribution in [-0.2, 0) is 0 Å². The van der Waals surface area contributed by atoms with Crippen LogP contribution in [0.25, 0.3) is 22.6 Å². The standard InChI is InChI=1S/C21H14BrClN2O3/c1-27-18-7-5-12(10-16(18)23)20(26)24-15-6-8-19-17(11-15)25-21(28-19)13-3-2-4-14(22)9-13/h2-11H,1H3,(H,24,26). The Morgan fingerprint density at radius 3 is 2.75 bits per heavy atom. The van der Waals surface area contributed by atoms with E-state index in [0.29, 0.717) is 39.0 Å². The Kier molecular flexibility index (Phi) is 5.07. The van der Waals surface area contributed by atoms with Crippen molar-refractivity contribution in [1.82, 2.24) is 4.98 Å². The lowest BCUT2D eigenvalue weighted by molar-refractivity contribution is 0.102. The number of rotatable bonds is 4. The lowest BCUT2D eigenvalue weighted by atomic mass is 10.2. The predicted molar refractivity (Wildman–Crippen MR) is 113 cm³/mol. The number of aromatic nitrogens is 1. The molecule has 0 bridgehead atoms. The highest BCUT2D eigenvalue weighted by molar-refractivity contribution is 9.10. The van der Waals surface area contributed by atoms with Crippen molar-refractivity contribution in [3.05, 3.63) is 75.7 Å². The Labute approximate surface area is 174 Å². The molecule has 1 amide bonds. The van der Waals surface area contributed by atoms with Crippen LogP contribution in [0.1, 0.15) is 10.4 Å². The normalized spacial score (nSPS) is 10.8. The van der Waals surface area contributed by atoms with Crippen LogP contribution in [-0.4, -0.2) is 18.0 Å². The van der Waals surface area contributed by atoms with Crippen LogP contribution >= 0.6 is 27.5 Å². The fourth-order valence-electron chi connectivity index (χ4n) is 2.76. The number of halogens is 2. The molecule has 140 valence electrons. The van der Waals surface area contributed by atoms with E-state index in [2.05, 4.69) is 26.2 Å². The number of hydrogen-bond acceptors (Lipinski definition) is 4. The minimum atomic E-state index is -0.278. The number of nitrogens with one attached hydrogen (secondary N) is 1. The summed E-state index contributed by atoms with van der Waals surface area (Å²) < 4.78 is 11.9. The van der Waals surface area contributed by atoms with Gasteiger partial charge >= 0.3 is 0 Å². The van der Waals surface area contributed by atoms with E-state index in [1.54, 1.807) is 36.4 Å². The molecule has 28 heavy (non-hydrogen) atoms. The predicted octanol–water partition coefficient (Wildman–Crippen LogP) is 6.17. The zero-order valence-corrected chi connectivity index (χ0v) is 17.0. The highest BCUT2D eigenvalue weighted by Gasteiger charge is 2.12. The van der Waals surface area contributed by atoms with Crippen molar-refractivity contribution in [1.29, 1.82) is 0 Å². The van der Waals surface area contributed by atoms with E-state index in [-0.39, 0.29) is 5.91 Å². The summed E-state index contributed by atoms with van der Waals surface area (Å²) in [4.78, 5) is 17.0. The zero-order chi connectivity index (χ0) is 19.7. The molecule has 4 aromatic rings. The molecule has 7 heteroatoms. The molecule has 0 saturated heterocycles. The molecule has 3 aromatic carbocycles. The zero-order valence-electron chi connectivity index (χ0n) is 14.7. The van der Waals surface area contributed by atoms with Crippen molar-refractivity contribution >= 4 is 50.2 Å². The number of carbonyl (C=O) groups excluding carboxylic acids is 1. The number of benzene rings is 3. The average Bonchev–Trinajstić information content (AvgIpc) is 3.11. The lowest BCUT2D eigenvalue weighted by Gasteiger charge is -2.07. The number of oxazole rings is 1. The second kappa shape index (κ2) is 7.66. The molecule has 1 N–H and O–H groups in total. The van der Waals surface area contributed by atoms with Gasteiger partial charge in [-0.3, -0.25) is 4.79 Å². The molecule has 5 nitrogen and oxygen atoms in total. The Hall–Kier alpha value is -2.83. The minimum absolute atomic E-state index is 0.278. The van der Waals surface area contributed by atoms with Gasteiger partial charge in [-0.05, 0) is 54.6 Å². The monoisotopic (exact) mass is 456 g/mol. The Morgan fingerprint density at radius 1 is 1.14 bits per heavy atom. The van der Waals surface area contributed by atoms with Crippen molar-refractivity contribution in [2.75, 3.05) is 12.4 Å². The summed E-state index contributed by atoms with van der Waals surface area (Å²) in [6.45, 7) is 0. The first-order chi connectivity index (χ1) is 13.5. The first-order valence-corrected chi connectivity index (χ1v) is 9.52. The van der Waals surface area contributed by atoms with Crippen LogP contribution in [0.5, 0.6) is 5.75 Å². The molecule has 0 saturated carbocycles. The first-order valence-electron chi connectivity index (χ1n) is 8.35. The maximum Gasteiger partial charge on any atom is 0.255 e. The summed E-state index contributed by atoms with van der Waals surface area (Å²) in [6.07, 6.45) is 0. The van der Waals surface area contributed by atoms with Crippen molar-refractivity contribution in [2.24, 2.45) is 0 Å². The second-order valence-electron chi connectivity index (χ2n) is 6.02. The summed E-state index contributed by atoms with van der Waals surface area (Å²) in [5.74, 6) is 0.753. The van der Waals surface area contributed by atoms with Gasteiger partial charge < -0.3 is 14.5 Å². The van der Waals surface area contributed by atoms with E-state index in [1.807, 2.05) is 24.3 Å². The summed E-state index contributed by atoms with van der Waals surface area (Å²) in [6, 6.07) is 17.9. The van der Waals surface area contributed by atoms with Gasteiger partial charge in [-0.25, -0.2) is 4.98 Å². The van der Waals surface area contributed by atoms with Crippen LogP contribution in [0.4, 0.5) is 5.69 Å². The Morgan fingerprint density at radius 2 is 2.00 bits per heavy atom. The molecule has 0 atom stereocenters. The van der Waals surface area contributed by atoms with Crippen LogP contribution < -0.4 is 10.1 Å². The smallest absolute Gasteiger partial charge is 0.255 e. The summed E-state index contributed by atoms with van der Waals surface area (Å²) >= 11 is 9.54. The number of nitrogens with zero attached hydrogens (tertiary/aromatic N) is 1. The van der Waals surface area contributed by atoms with Gasteiger partial charge in [-0.15, -0.1) is 0 Å². The van der Waals surface area contributed by atoms with Gasteiger partial charge in [0.1, 0.15) is 11.3 Å². The maximum absolute atomic E-state index is 12.5. The molecule has 0 spiro atoms. The minimum Gasteiger partial charge on any atom is -0.495 e. The topological polar surface area (TPSA) is 64.4 Å². The molecular weight excluding hydrogens is 444 g/mol. The van der Waals surface area contributed by atoms with Gasteiger partial charge in [-0.2, -0.15) is 0 Å². The summed E-state index contributed by atoms with van der Waals surface area (Å²) in [5.41, 5.74) is 3.20. The van der Waals surface area contributed by atoms with E-state index < -0.39 is 0 Å². The molecule has 0 radical (unpaired) electrons. The van der Waals surface area contributed by atoms with Crippen LogP contribution in [0.3, 0.4) is 0 Å². The van der Waals surface area contributed by atoms with Gasteiger partial charge in [0.05, 0.1) is 12.1 Å². The van der Waals surface area contributed by atoms with E-state index in [4.69, 9.17) is 20.8 Å². The van der Waals surface area contributed by atoms with Crippen LogP contribution in [0.2, 0.25) is 5.02 Å². The quantitative estimate of drug-likeness (QED) is 0.398. The van der Waals surface area contributed by atoms with Crippen molar-refractivity contribution in [3.63, 3.8) is 0 Å². The number of fused-ring (bicyclic) bond motifs is 1. The highest BCUT2D eigenvalue weighted by Crippen LogP contribution is 2.29. The molecule has 0 aliphatic rings. The molecule has 0 aliphatic carbocycles. The third-order valence-electron chi connectivity index (χ3n) is 4.13. The van der Waals surface area contributed by atoms with E-state index in [1.165, 1.54) is 7.11 Å². The number of ether oxygens (including phenoxy) is 1. The molecule has 0 aliphatic heterocycles. The Balaban J connectivity index is 1.59. The van der Waals surface area contributed by atoms with Crippen LogP contribution in [0, 0.1) is 0 Å². The SMILES string of the molecule is COc1ccc(C(=O)Nc2ccc3oc(-c4cccc(Br)c4)nc3c2)cc1Cl. The van der Waals surface area contributed by atoms with E-state index in [0.717, 1.165) is 10.0 Å². The molecule has 0 fully saturated rings. The van der Waals surface area contributed by atoms with E-state index >= 15 is 0 Å². The second-order valence-corrected chi connectivity index (χ2v) is 7.34. The van der Waals surface area contributed by atoms with Crippen molar-refractivity contribution in [2.45, 2.75) is 0 Å². The van der Waals surface area contributed by atoms with Gasteiger partial charge in [0.2, 0.25) is 5.89 Å². The first kappa shape index (κ1) is 18.5. The number of carbonyl (C=O) groups is 1. The lowest BCUT2D eigenvalue weighted by Crippen LogP contribution is -2.11. The van der Waals surface area contributed by atoms with Crippen LogP contribution in [0.15, 0.2) is 69.6 Å². The third-order valence-corrected chi connectivity index (χ3v) is 4.92. The van der Waals surface area contributed by atoms with Gasteiger partial charge in [-0.1, -0.05) is 33.6 Å². The van der Waals surface area contributed by atoms with Gasteiger partial charge in [0.25, 0.3) is 5.91 Å². The molecule has 4 rings (SSSR count). The Bertz CT molecular complexity index is 1190. The van der Waals surface area contributed by atoms with Crippen molar-refractivity contribution < 1.29 is 13.9 Å². The van der Waals surface area contributed by atoms with Gasteiger partial charge in [0.15, 0.2) is 5.58 Å². The number of hydrogen-bond donors (Lipinski definition) is 1. The average molecular weight is 458 g/mol. The summed E-state index contributed by atoms with van der Waals surface area (Å²) in [7, 11) is 1.52. The van der Waals surface area contributed by atoms with Crippen molar-refractivity contribution in [3.8, 4) is 17.2 Å². The molecule has 1 heterocycles. The molecular formula is C21H14BrClN2O3. The third kappa shape index (κ3) is 3.74. The fourth-order valence-corrected chi connectivity index (χ4v) is 3.42. The maximum atomic E-state index is 12.5. The number of amides is 1. The number of anilines is 1. The fraction of sp³-hybridized carbons (Fsp3) is 0.0476. The molecule has 1 aromatic heterocycles. The van der Waals surface area contributed by atoms with E-state index in [9.17, 15) is 4.79 Å². The number of methoxy groups -OCH3 is 1. The molecule has 0 unspecified atom stereocenters. The largest absolute Gasteiger partial charge is 0.495 e. The van der Waals surface area contributed by atoms with Gasteiger partial charge in [0, 0.05) is 21.3 Å². The highest BCUT2D eigenvalue weighted by atomic mass is 79.9. The summed E-state index contributed by atoms with van der Waals surface area (Å²) in [5, 5.41) is 3.22.